The Bertz CT molecular complexity index is 1970. The number of hydrogen-bond acceptors (Lipinski definition) is 5. The van der Waals surface area contributed by atoms with Crippen LogP contribution in [0.1, 0.15) is 36.0 Å². The normalized spacial score (nSPS) is 21.2. The summed E-state index contributed by atoms with van der Waals surface area (Å²) >= 11 is 0. The van der Waals surface area contributed by atoms with Crippen LogP contribution < -0.4 is 10.5 Å². The number of aryl methyl sites for hydroxylation is 1. The van der Waals surface area contributed by atoms with Gasteiger partial charge in [0, 0.05) is 48.7 Å². The summed E-state index contributed by atoms with van der Waals surface area (Å²) < 4.78 is 38.5. The van der Waals surface area contributed by atoms with Gasteiger partial charge >= 0.3 is 0 Å². The molecule has 3 fully saturated rings. The molecule has 8 nitrogen and oxygen atoms in total. The average Bonchev–Trinajstić information content (AvgIpc) is 3.42. The molecule has 2 bridgehead atoms. The van der Waals surface area contributed by atoms with Gasteiger partial charge in [-0.1, -0.05) is 12.1 Å². The number of amides is 1. The summed E-state index contributed by atoms with van der Waals surface area (Å²) in [6.45, 7) is 1.47. The maximum Gasteiger partial charge on any atom is 0.254 e. The fraction of sp³-hybridized carbons (Fsp3) is 0.353. The molecular formula is C34H33F2N5O3. The van der Waals surface area contributed by atoms with Crippen LogP contribution in [0.3, 0.4) is 0 Å². The number of methoxy groups -OCH3 is 1. The minimum Gasteiger partial charge on any atom is -0.503 e. The average molecular weight is 598 g/mol. The molecule has 226 valence electrons. The molecule has 0 spiro atoms. The van der Waals surface area contributed by atoms with Crippen molar-refractivity contribution in [2.75, 3.05) is 13.7 Å². The van der Waals surface area contributed by atoms with Gasteiger partial charge in [0.1, 0.15) is 11.3 Å². The molecule has 0 unspecified atom stereocenters. The number of hydrogen-bond donors (Lipinski definition) is 2. The zero-order valence-electron chi connectivity index (χ0n) is 24.6. The number of nitrogens with zero attached hydrogens (tertiary/aromatic N) is 4. The number of fused-ring (bicyclic) bond motifs is 4. The largest absolute Gasteiger partial charge is 0.503 e. The van der Waals surface area contributed by atoms with Gasteiger partial charge in [0.2, 0.25) is 0 Å². The summed E-state index contributed by atoms with van der Waals surface area (Å²) in [5, 5.41) is 10.6. The third-order valence-corrected chi connectivity index (χ3v) is 9.94. The van der Waals surface area contributed by atoms with Crippen molar-refractivity contribution in [3.8, 4) is 34.1 Å². The number of phenolic OH excluding ortho intramolecular Hbond substituents is 1. The van der Waals surface area contributed by atoms with Crippen LogP contribution in [0.15, 0.2) is 48.5 Å². The Kier molecular flexibility index (Phi) is 6.03. The Morgan fingerprint density at radius 2 is 1.82 bits per heavy atom. The maximum absolute atomic E-state index is 14.2. The van der Waals surface area contributed by atoms with E-state index in [-0.39, 0.29) is 18.0 Å². The van der Waals surface area contributed by atoms with E-state index in [1.165, 1.54) is 0 Å². The van der Waals surface area contributed by atoms with Crippen LogP contribution in [0.4, 0.5) is 8.78 Å². The number of halogens is 2. The predicted molar refractivity (Wildman–Crippen MR) is 163 cm³/mol. The van der Waals surface area contributed by atoms with Crippen molar-refractivity contribution in [2.24, 2.45) is 24.6 Å². The highest BCUT2D eigenvalue weighted by atomic mass is 19.1. The summed E-state index contributed by atoms with van der Waals surface area (Å²) in [4.78, 5) is 20.7. The Labute approximate surface area is 252 Å². The van der Waals surface area contributed by atoms with Crippen molar-refractivity contribution in [2.45, 2.75) is 44.3 Å². The Morgan fingerprint density at radius 3 is 2.48 bits per heavy atom. The van der Waals surface area contributed by atoms with Crippen LogP contribution in [-0.2, 0) is 13.6 Å². The van der Waals surface area contributed by atoms with Crippen molar-refractivity contribution in [1.29, 1.82) is 0 Å². The van der Waals surface area contributed by atoms with E-state index in [2.05, 4.69) is 10.6 Å². The zero-order valence-corrected chi connectivity index (χ0v) is 24.6. The second kappa shape index (κ2) is 9.79. The topological polar surface area (TPSA) is 98.5 Å². The second-order valence-electron chi connectivity index (χ2n) is 12.6. The van der Waals surface area contributed by atoms with Gasteiger partial charge in [-0.05, 0) is 85.0 Å². The van der Waals surface area contributed by atoms with Crippen molar-refractivity contribution in [3.63, 3.8) is 0 Å². The lowest BCUT2D eigenvalue weighted by Crippen LogP contribution is -2.41. The number of carbonyl (C=O) groups is 1. The number of ether oxygens (including phenoxy) is 1. The lowest BCUT2D eigenvalue weighted by molar-refractivity contribution is 0.0700. The van der Waals surface area contributed by atoms with Crippen LogP contribution >= 0.6 is 0 Å². The van der Waals surface area contributed by atoms with Gasteiger partial charge in [-0.25, -0.2) is 13.8 Å². The van der Waals surface area contributed by atoms with Crippen LogP contribution in [0.25, 0.3) is 44.6 Å². The quantitative estimate of drug-likeness (QED) is 0.257. The zero-order chi connectivity index (χ0) is 30.4. The number of nitrogens with two attached hydrogens (primary N) is 1. The molecule has 5 aromatic rings. The van der Waals surface area contributed by atoms with Gasteiger partial charge in [0.25, 0.3) is 5.91 Å². The number of likely N-dealkylation sites (tertiary alicyclic amines) is 1. The lowest BCUT2D eigenvalue weighted by atomic mass is 10.0. The number of carbonyl (C=O) groups excluding carboxylic acids is 1. The number of imidazole rings is 1. The lowest BCUT2D eigenvalue weighted by Gasteiger charge is -2.27. The Balaban J connectivity index is 1.24. The monoisotopic (exact) mass is 597 g/mol. The number of benzene rings is 3. The molecule has 3 heterocycles. The van der Waals surface area contributed by atoms with Crippen molar-refractivity contribution in [1.82, 2.24) is 19.0 Å². The van der Waals surface area contributed by atoms with Gasteiger partial charge in [0.05, 0.1) is 18.3 Å². The molecular weight excluding hydrogens is 564 g/mol. The number of aromatic hydroxyl groups is 1. The number of rotatable bonds is 6. The summed E-state index contributed by atoms with van der Waals surface area (Å²) in [6.07, 6.45) is 4.28. The highest BCUT2D eigenvalue weighted by Crippen LogP contribution is 2.41. The van der Waals surface area contributed by atoms with Gasteiger partial charge in [0.15, 0.2) is 23.2 Å². The smallest absolute Gasteiger partial charge is 0.254 e. The molecule has 2 saturated carbocycles. The van der Waals surface area contributed by atoms with Gasteiger partial charge < -0.3 is 29.6 Å². The molecule has 2 aromatic heterocycles. The van der Waals surface area contributed by atoms with Gasteiger partial charge in [-0.3, -0.25) is 4.79 Å². The SMILES string of the molecule is COc1cc(C(=O)N2C[C@H]3CC[C@@H]2[C@@H]3N)cc2nc(-c3cc4ccc(-c5cc(F)c(O)c(F)c5)cc4n3CC3CC3)n(C)c12. The van der Waals surface area contributed by atoms with Crippen molar-refractivity contribution in [3.05, 3.63) is 65.7 Å². The van der Waals surface area contributed by atoms with E-state index in [9.17, 15) is 18.7 Å². The maximum atomic E-state index is 14.2. The summed E-state index contributed by atoms with van der Waals surface area (Å²) in [5.74, 6) is -0.828. The van der Waals surface area contributed by atoms with E-state index < -0.39 is 17.4 Å². The van der Waals surface area contributed by atoms with Crippen LogP contribution in [0.5, 0.6) is 11.5 Å². The Hall–Kier alpha value is -4.44. The number of phenols is 1. The number of aromatic nitrogens is 3. The van der Waals surface area contributed by atoms with Crippen molar-refractivity contribution >= 4 is 27.8 Å². The predicted octanol–water partition coefficient (Wildman–Crippen LogP) is 5.83. The highest BCUT2D eigenvalue weighted by Gasteiger charge is 2.47. The summed E-state index contributed by atoms with van der Waals surface area (Å²) in [6, 6.07) is 13.8. The standard InChI is InChI=1S/C34H33F2N5O3/c1-39-31-25(11-22(14-29(31)44-2)34(43)41-16-20-7-8-26(41)30(20)37)38-33(39)28-13-19-6-5-18(12-27(19)40(28)15-17-3-4-17)21-9-23(35)32(42)24(36)10-21/h5-6,9-14,17,20,26,30,42H,3-4,7-8,15-16,37H2,1-2H3/t20-,26-,30-/m1/s1. The molecule has 1 amide bonds. The van der Waals surface area contributed by atoms with Crippen LogP contribution in [-0.4, -0.2) is 55.8 Å². The van der Waals surface area contributed by atoms with E-state index in [0.717, 1.165) is 72.3 Å². The minimum absolute atomic E-state index is 0.0343. The first-order chi connectivity index (χ1) is 21.2. The molecule has 10 heteroatoms. The van der Waals surface area contributed by atoms with Crippen molar-refractivity contribution < 1.29 is 23.4 Å². The molecule has 3 aromatic carbocycles. The fourth-order valence-electron chi connectivity index (χ4n) is 7.37. The summed E-state index contributed by atoms with van der Waals surface area (Å²) in [7, 11) is 3.55. The molecule has 3 N–H and O–H groups in total. The van der Waals surface area contributed by atoms with Gasteiger partial charge in [-0.15, -0.1) is 0 Å². The number of piperidine rings is 1. The van der Waals surface area contributed by atoms with E-state index >= 15 is 0 Å². The first-order valence-electron chi connectivity index (χ1n) is 15.1. The van der Waals surface area contributed by atoms with Gasteiger partial charge in [-0.2, -0.15) is 0 Å². The third kappa shape index (κ3) is 4.11. The van der Waals surface area contributed by atoms with Crippen LogP contribution in [0, 0.1) is 23.5 Å². The second-order valence-corrected chi connectivity index (χ2v) is 12.6. The molecule has 1 saturated heterocycles. The molecule has 44 heavy (non-hydrogen) atoms. The molecule has 2 aliphatic carbocycles. The fourth-order valence-corrected chi connectivity index (χ4v) is 7.37. The molecule has 8 rings (SSSR count). The molecule has 1 aliphatic heterocycles. The van der Waals surface area contributed by atoms with Crippen LogP contribution in [0.2, 0.25) is 0 Å². The summed E-state index contributed by atoms with van der Waals surface area (Å²) in [5.41, 5.74) is 11.2. The van der Waals surface area contributed by atoms with E-state index in [4.69, 9.17) is 15.5 Å². The Morgan fingerprint density at radius 1 is 1.05 bits per heavy atom. The molecule has 0 radical (unpaired) electrons. The highest BCUT2D eigenvalue weighted by molar-refractivity contribution is 6.00. The van der Waals surface area contributed by atoms with E-state index in [1.807, 2.05) is 40.8 Å². The minimum atomic E-state index is -0.999. The van der Waals surface area contributed by atoms with E-state index in [1.54, 1.807) is 13.2 Å². The third-order valence-electron chi connectivity index (χ3n) is 9.94. The first kappa shape index (κ1) is 27.1. The molecule has 3 atom stereocenters. The molecule has 3 aliphatic rings. The van der Waals surface area contributed by atoms with E-state index in [0.29, 0.717) is 46.3 Å². The first-order valence-corrected chi connectivity index (χ1v) is 15.1.